The summed E-state index contributed by atoms with van der Waals surface area (Å²) in [4.78, 5) is 15.1. The van der Waals surface area contributed by atoms with E-state index < -0.39 is 6.17 Å². The molecule has 1 aromatic rings. The number of carbonyl (C=O) groups is 1. The Morgan fingerprint density at radius 1 is 1.25 bits per heavy atom. The molecule has 0 radical (unpaired) electrons. The third kappa shape index (κ3) is 4.15. The molecule has 0 aromatic heterocycles. The molecule has 1 aliphatic heterocycles. The minimum Gasteiger partial charge on any atom is -0.334 e. The topological polar surface area (TPSA) is 32.3 Å². The highest BCUT2D eigenvalue weighted by Crippen LogP contribution is 2.37. The van der Waals surface area contributed by atoms with E-state index in [0.717, 1.165) is 31.2 Å². The van der Waals surface area contributed by atoms with E-state index in [1.807, 2.05) is 23.1 Å². The third-order valence-corrected chi connectivity index (χ3v) is 5.60. The molecule has 0 spiro atoms. The van der Waals surface area contributed by atoms with Gasteiger partial charge >= 0.3 is 0 Å². The zero-order valence-electron chi connectivity index (χ0n) is 14.8. The first kappa shape index (κ1) is 17.4. The second-order valence-corrected chi connectivity index (χ2v) is 8.14. The second-order valence-electron chi connectivity index (χ2n) is 8.14. The average molecular weight is 332 g/mol. The summed E-state index contributed by atoms with van der Waals surface area (Å²) < 4.78 is 13.5. The predicted molar refractivity (Wildman–Crippen MR) is 94.3 cm³/mol. The van der Waals surface area contributed by atoms with Crippen LogP contribution in [0.3, 0.4) is 0 Å². The number of amides is 1. The number of hydrogen-bond donors (Lipinski definition) is 1. The monoisotopic (exact) mass is 332 g/mol. The van der Waals surface area contributed by atoms with E-state index in [1.54, 1.807) is 0 Å². The van der Waals surface area contributed by atoms with Crippen molar-refractivity contribution in [1.29, 1.82) is 0 Å². The van der Waals surface area contributed by atoms with Crippen LogP contribution in [0.5, 0.6) is 0 Å². The molecule has 3 rings (SSSR count). The first-order valence-corrected chi connectivity index (χ1v) is 9.16. The Labute approximate surface area is 144 Å². The molecule has 1 saturated heterocycles. The minimum atomic E-state index is -0.900. The quantitative estimate of drug-likeness (QED) is 0.912. The van der Waals surface area contributed by atoms with Crippen molar-refractivity contribution in [3.63, 3.8) is 0 Å². The van der Waals surface area contributed by atoms with E-state index in [9.17, 15) is 9.18 Å². The molecule has 1 heterocycles. The van der Waals surface area contributed by atoms with Crippen molar-refractivity contribution in [1.82, 2.24) is 10.2 Å². The van der Waals surface area contributed by atoms with Gasteiger partial charge in [-0.1, -0.05) is 44.2 Å². The molecule has 0 bridgehead atoms. The predicted octanol–water partition coefficient (Wildman–Crippen LogP) is 3.68. The smallest absolute Gasteiger partial charge is 0.240 e. The zero-order valence-corrected chi connectivity index (χ0v) is 14.8. The third-order valence-electron chi connectivity index (χ3n) is 5.60. The van der Waals surface area contributed by atoms with Crippen LogP contribution in [0, 0.1) is 5.41 Å². The summed E-state index contributed by atoms with van der Waals surface area (Å²) in [6, 6.07) is 10.0. The summed E-state index contributed by atoms with van der Waals surface area (Å²) in [5, 5.41) is 3.06. The number of hydrogen-bond acceptors (Lipinski definition) is 2. The molecule has 24 heavy (non-hydrogen) atoms. The van der Waals surface area contributed by atoms with Crippen LogP contribution < -0.4 is 5.32 Å². The fraction of sp³-hybridized carbons (Fsp3) is 0.650. The van der Waals surface area contributed by atoms with E-state index in [1.165, 1.54) is 0 Å². The van der Waals surface area contributed by atoms with Crippen LogP contribution in [0.4, 0.5) is 4.39 Å². The van der Waals surface area contributed by atoms with Gasteiger partial charge in [0.1, 0.15) is 6.17 Å². The summed E-state index contributed by atoms with van der Waals surface area (Å²) in [5.74, 6) is 0.0729. The molecule has 1 amide bonds. The van der Waals surface area contributed by atoms with E-state index in [0.29, 0.717) is 24.9 Å². The van der Waals surface area contributed by atoms with Gasteiger partial charge in [0.25, 0.3) is 0 Å². The lowest BCUT2D eigenvalue weighted by Crippen LogP contribution is -2.49. The van der Waals surface area contributed by atoms with E-state index >= 15 is 0 Å². The van der Waals surface area contributed by atoms with Crippen LogP contribution in [0.25, 0.3) is 0 Å². The van der Waals surface area contributed by atoms with Gasteiger partial charge in [0.15, 0.2) is 0 Å². The molecule has 2 atom stereocenters. The van der Waals surface area contributed by atoms with Gasteiger partial charge in [0.2, 0.25) is 5.91 Å². The summed E-state index contributed by atoms with van der Waals surface area (Å²) >= 11 is 0. The zero-order chi connectivity index (χ0) is 17.2. The number of nitrogens with one attached hydrogen (secondary N) is 1. The number of rotatable bonds is 4. The summed E-state index contributed by atoms with van der Waals surface area (Å²) in [6.07, 6.45) is 3.76. The number of halogens is 1. The molecule has 4 heteroatoms. The second kappa shape index (κ2) is 7.22. The minimum absolute atomic E-state index is 0.0729. The van der Waals surface area contributed by atoms with Crippen LogP contribution in [0.2, 0.25) is 0 Å². The van der Waals surface area contributed by atoms with E-state index in [4.69, 9.17) is 0 Å². The van der Waals surface area contributed by atoms with E-state index in [-0.39, 0.29) is 18.0 Å². The number of benzene rings is 1. The fourth-order valence-corrected chi connectivity index (χ4v) is 3.94. The molecule has 1 aliphatic carbocycles. The Morgan fingerprint density at radius 3 is 2.50 bits per heavy atom. The fourth-order valence-electron chi connectivity index (χ4n) is 3.94. The highest BCUT2D eigenvalue weighted by Gasteiger charge is 2.37. The van der Waals surface area contributed by atoms with Crippen molar-refractivity contribution in [3.8, 4) is 0 Å². The van der Waals surface area contributed by atoms with Gasteiger partial charge in [0, 0.05) is 25.6 Å². The highest BCUT2D eigenvalue weighted by molar-refractivity contribution is 5.82. The van der Waals surface area contributed by atoms with Gasteiger partial charge in [-0.15, -0.1) is 0 Å². The van der Waals surface area contributed by atoms with Crippen molar-refractivity contribution in [2.24, 2.45) is 5.41 Å². The van der Waals surface area contributed by atoms with Gasteiger partial charge in [-0.3, -0.25) is 4.79 Å². The number of carbonyl (C=O) groups excluding carboxylic acids is 1. The van der Waals surface area contributed by atoms with Gasteiger partial charge in [-0.05, 0) is 36.7 Å². The Hall–Kier alpha value is -1.42. The van der Waals surface area contributed by atoms with Crippen molar-refractivity contribution in [2.45, 2.75) is 70.8 Å². The van der Waals surface area contributed by atoms with Gasteiger partial charge in [-0.25, -0.2) is 4.39 Å². The molecule has 0 unspecified atom stereocenters. The maximum absolute atomic E-state index is 13.5. The Bertz CT molecular complexity index is 550. The summed E-state index contributed by atoms with van der Waals surface area (Å²) in [6.45, 7) is 5.53. The first-order valence-electron chi connectivity index (χ1n) is 9.16. The number of alkyl halides is 1. The van der Waals surface area contributed by atoms with Crippen molar-refractivity contribution in [2.75, 3.05) is 6.54 Å². The summed E-state index contributed by atoms with van der Waals surface area (Å²) in [5.41, 5.74) is 1.51. The lowest BCUT2D eigenvalue weighted by molar-refractivity contribution is -0.137. The first-order chi connectivity index (χ1) is 11.4. The highest BCUT2D eigenvalue weighted by atomic mass is 19.1. The van der Waals surface area contributed by atoms with Crippen LogP contribution in [-0.4, -0.2) is 35.6 Å². The van der Waals surface area contributed by atoms with Gasteiger partial charge < -0.3 is 10.2 Å². The largest absolute Gasteiger partial charge is 0.334 e. The molecular formula is C20H29FN2O. The lowest BCUT2D eigenvalue weighted by atomic mass is 9.75. The van der Waals surface area contributed by atoms with Crippen molar-refractivity contribution >= 4 is 5.91 Å². The van der Waals surface area contributed by atoms with Crippen LogP contribution in [0.15, 0.2) is 30.3 Å². The SMILES string of the molecule is CC1(C)CCC(N(Cc2ccccc2)C(=O)[C@@H]2C[C@H](F)CN2)CC1. The molecule has 2 aliphatic rings. The standard InChI is InChI=1S/C20H29FN2O/c1-20(2)10-8-17(9-11-20)23(14-15-6-4-3-5-7-15)19(24)18-12-16(21)13-22-18/h3-7,16-18,22H,8-14H2,1-2H3/t16-,18-/m0/s1. The molecule has 1 saturated carbocycles. The van der Waals surface area contributed by atoms with Crippen molar-refractivity contribution in [3.05, 3.63) is 35.9 Å². The van der Waals surface area contributed by atoms with Crippen molar-refractivity contribution < 1.29 is 9.18 Å². The molecule has 2 fully saturated rings. The van der Waals surface area contributed by atoms with Crippen LogP contribution in [-0.2, 0) is 11.3 Å². The maximum atomic E-state index is 13.5. The van der Waals surface area contributed by atoms with Crippen LogP contribution >= 0.6 is 0 Å². The summed E-state index contributed by atoms with van der Waals surface area (Å²) in [7, 11) is 0. The molecule has 1 N–H and O–H groups in total. The Kier molecular flexibility index (Phi) is 5.24. The lowest BCUT2D eigenvalue weighted by Gasteiger charge is -2.41. The number of nitrogens with zero attached hydrogens (tertiary/aromatic N) is 1. The normalized spacial score (nSPS) is 27.1. The molecule has 1 aromatic carbocycles. The van der Waals surface area contributed by atoms with E-state index in [2.05, 4.69) is 31.3 Å². The Morgan fingerprint density at radius 2 is 1.92 bits per heavy atom. The molecular weight excluding hydrogens is 303 g/mol. The molecule has 132 valence electrons. The average Bonchev–Trinajstić information content (AvgIpc) is 3.00. The van der Waals surface area contributed by atoms with Crippen LogP contribution in [0.1, 0.15) is 51.5 Å². The Balaban J connectivity index is 1.74. The van der Waals surface area contributed by atoms with Gasteiger partial charge in [0.05, 0.1) is 6.04 Å². The molecule has 3 nitrogen and oxygen atoms in total. The van der Waals surface area contributed by atoms with Gasteiger partial charge in [-0.2, -0.15) is 0 Å². The maximum Gasteiger partial charge on any atom is 0.240 e.